The van der Waals surface area contributed by atoms with Crippen molar-refractivity contribution in [2.24, 2.45) is 5.92 Å². The van der Waals surface area contributed by atoms with Gasteiger partial charge in [-0.1, -0.05) is 0 Å². The van der Waals surface area contributed by atoms with Crippen LogP contribution >= 0.6 is 0 Å². The molecule has 1 aromatic carbocycles. The second kappa shape index (κ2) is 6.98. The molecule has 27 heavy (non-hydrogen) atoms. The van der Waals surface area contributed by atoms with Crippen LogP contribution in [0, 0.1) is 17.6 Å². The molecule has 4 rings (SSSR count). The lowest BCUT2D eigenvalue weighted by atomic mass is 9.89. The number of ether oxygens (including phenoxy) is 1. The summed E-state index contributed by atoms with van der Waals surface area (Å²) in [6, 6.07) is 4.79. The van der Waals surface area contributed by atoms with Gasteiger partial charge < -0.3 is 15.0 Å². The van der Waals surface area contributed by atoms with E-state index in [1.165, 1.54) is 16.9 Å². The average molecular weight is 376 g/mol. The second-order valence-electron chi connectivity index (χ2n) is 6.81. The molecule has 0 aliphatic carbocycles. The van der Waals surface area contributed by atoms with Gasteiger partial charge in [-0.15, -0.1) is 5.10 Å². The number of nitrogens with zero attached hydrogens (tertiary/aromatic N) is 3. The zero-order chi connectivity index (χ0) is 19.0. The van der Waals surface area contributed by atoms with E-state index in [2.05, 4.69) is 10.4 Å². The first-order valence-corrected chi connectivity index (χ1v) is 8.74. The molecule has 9 heteroatoms. The Morgan fingerprint density at radius 3 is 3.00 bits per heavy atom. The smallest absolute Gasteiger partial charge is 0.410 e. The molecule has 1 aromatic heterocycles. The minimum absolute atomic E-state index is 0.0460. The van der Waals surface area contributed by atoms with Crippen molar-refractivity contribution in [1.29, 1.82) is 0 Å². The van der Waals surface area contributed by atoms with Crippen LogP contribution in [0.3, 0.4) is 0 Å². The summed E-state index contributed by atoms with van der Waals surface area (Å²) in [5.74, 6) is -1.14. The topological polar surface area (TPSA) is 76.5 Å². The van der Waals surface area contributed by atoms with Gasteiger partial charge in [0.1, 0.15) is 18.1 Å². The van der Waals surface area contributed by atoms with Crippen molar-refractivity contribution in [3.8, 4) is 5.69 Å². The van der Waals surface area contributed by atoms with E-state index < -0.39 is 11.6 Å². The van der Waals surface area contributed by atoms with Crippen LogP contribution in [0.1, 0.15) is 19.3 Å². The van der Waals surface area contributed by atoms with Crippen molar-refractivity contribution in [1.82, 2.24) is 14.7 Å². The number of anilines is 1. The van der Waals surface area contributed by atoms with Gasteiger partial charge >= 0.3 is 6.09 Å². The Bertz CT molecular complexity index is 885. The normalized spacial score (nSPS) is 21.7. The summed E-state index contributed by atoms with van der Waals surface area (Å²) < 4.78 is 33.1. The first kappa shape index (κ1) is 17.4. The zero-order valence-electron chi connectivity index (χ0n) is 14.4. The second-order valence-corrected chi connectivity index (χ2v) is 6.81. The Kier molecular flexibility index (Phi) is 4.51. The van der Waals surface area contributed by atoms with Gasteiger partial charge in [-0.25, -0.2) is 18.3 Å². The van der Waals surface area contributed by atoms with E-state index in [-0.39, 0.29) is 29.6 Å². The molecule has 1 N–H and O–H groups in total. The number of nitrogens with one attached hydrogen (secondary N) is 1. The molecule has 0 spiro atoms. The Labute approximate surface area is 153 Å². The van der Waals surface area contributed by atoms with Crippen molar-refractivity contribution in [2.45, 2.75) is 25.3 Å². The van der Waals surface area contributed by atoms with Gasteiger partial charge in [-0.05, 0) is 30.9 Å². The number of piperidine rings is 1. The summed E-state index contributed by atoms with van der Waals surface area (Å²) in [5, 5.41) is 6.82. The fourth-order valence-corrected chi connectivity index (χ4v) is 3.62. The van der Waals surface area contributed by atoms with E-state index in [1.54, 1.807) is 11.0 Å². The third-order valence-corrected chi connectivity index (χ3v) is 4.95. The molecule has 0 saturated carbocycles. The van der Waals surface area contributed by atoms with E-state index in [0.29, 0.717) is 25.4 Å². The molecule has 2 atom stereocenters. The number of rotatable bonds is 4. The van der Waals surface area contributed by atoms with Crippen molar-refractivity contribution in [2.75, 3.05) is 18.5 Å². The van der Waals surface area contributed by atoms with Gasteiger partial charge in [-0.3, -0.25) is 4.79 Å². The molecule has 2 aliphatic heterocycles. The van der Waals surface area contributed by atoms with E-state index in [4.69, 9.17) is 4.74 Å². The maximum Gasteiger partial charge on any atom is 0.410 e. The van der Waals surface area contributed by atoms with E-state index in [9.17, 15) is 18.4 Å². The quantitative estimate of drug-likeness (QED) is 0.890. The molecule has 2 unspecified atom stereocenters. The fourth-order valence-electron chi connectivity index (χ4n) is 3.62. The molecule has 2 aromatic rings. The molecule has 3 heterocycles. The molecule has 2 saturated heterocycles. The van der Waals surface area contributed by atoms with Gasteiger partial charge in [0.2, 0.25) is 5.91 Å². The number of aromatic nitrogens is 2. The first-order valence-electron chi connectivity index (χ1n) is 8.74. The summed E-state index contributed by atoms with van der Waals surface area (Å²) in [6.07, 6.45) is 3.01. The molecule has 0 bridgehead atoms. The van der Waals surface area contributed by atoms with E-state index in [0.717, 1.165) is 25.0 Å². The van der Waals surface area contributed by atoms with Crippen LogP contribution < -0.4 is 5.32 Å². The highest BCUT2D eigenvalue weighted by molar-refractivity contribution is 5.89. The van der Waals surface area contributed by atoms with Gasteiger partial charge in [0.25, 0.3) is 0 Å². The van der Waals surface area contributed by atoms with Crippen molar-refractivity contribution in [3.05, 3.63) is 42.1 Å². The minimum Gasteiger partial charge on any atom is -0.447 e. The predicted octanol–water partition coefficient (Wildman–Crippen LogP) is 2.71. The predicted molar refractivity (Wildman–Crippen MR) is 91.3 cm³/mol. The van der Waals surface area contributed by atoms with Crippen LogP contribution in [0.5, 0.6) is 0 Å². The third-order valence-electron chi connectivity index (χ3n) is 4.95. The lowest BCUT2D eigenvalue weighted by Crippen LogP contribution is -2.41. The molecule has 2 aliphatic rings. The number of benzene rings is 1. The summed E-state index contributed by atoms with van der Waals surface area (Å²) in [4.78, 5) is 25.5. The third kappa shape index (κ3) is 3.62. The number of halogens is 2. The number of cyclic esters (lactones) is 1. The van der Waals surface area contributed by atoms with Crippen LogP contribution in [-0.2, 0) is 9.53 Å². The highest BCUT2D eigenvalue weighted by Gasteiger charge is 2.38. The van der Waals surface area contributed by atoms with Crippen LogP contribution in [0.15, 0.2) is 30.5 Å². The summed E-state index contributed by atoms with van der Waals surface area (Å²) in [6.45, 7) is 0.977. The number of hydrogen-bond donors (Lipinski definition) is 1. The number of carbonyl (C=O) groups excluding carboxylic acids is 2. The maximum atomic E-state index is 13.8. The lowest BCUT2D eigenvalue weighted by Gasteiger charge is -2.31. The van der Waals surface area contributed by atoms with E-state index >= 15 is 0 Å². The average Bonchev–Trinajstić information content (AvgIpc) is 3.22. The van der Waals surface area contributed by atoms with Crippen molar-refractivity contribution in [3.63, 3.8) is 0 Å². The molecule has 0 radical (unpaired) electrons. The molecular formula is C18H18F2N4O3. The summed E-state index contributed by atoms with van der Waals surface area (Å²) >= 11 is 0. The summed E-state index contributed by atoms with van der Waals surface area (Å²) in [7, 11) is 0. The van der Waals surface area contributed by atoms with E-state index in [1.807, 2.05) is 0 Å². The van der Waals surface area contributed by atoms with Gasteiger partial charge in [0, 0.05) is 31.3 Å². The van der Waals surface area contributed by atoms with Crippen molar-refractivity contribution < 1.29 is 23.1 Å². The highest BCUT2D eigenvalue weighted by Crippen LogP contribution is 2.29. The number of hydrogen-bond acceptors (Lipinski definition) is 4. The Balaban J connectivity index is 1.35. The molecule has 2 fully saturated rings. The Hall–Kier alpha value is -2.97. The Morgan fingerprint density at radius 1 is 1.33 bits per heavy atom. The van der Waals surface area contributed by atoms with Gasteiger partial charge in [0.05, 0.1) is 6.04 Å². The number of carbonyl (C=O) groups is 2. The van der Waals surface area contributed by atoms with Crippen molar-refractivity contribution >= 4 is 17.8 Å². The SMILES string of the molecule is O=C(CC1CCN2C(=O)OCC2C1)Nc1ccn(-c2ccc(F)cc2F)n1. The largest absolute Gasteiger partial charge is 0.447 e. The zero-order valence-corrected chi connectivity index (χ0v) is 14.4. The lowest BCUT2D eigenvalue weighted by molar-refractivity contribution is -0.117. The van der Waals surface area contributed by atoms with Gasteiger partial charge in [0.15, 0.2) is 11.6 Å². The molecule has 142 valence electrons. The standard InChI is InChI=1S/C18H18F2N4O3/c19-12-1-2-15(14(20)9-12)24-6-4-16(22-24)21-17(25)8-11-3-5-23-13(7-11)10-27-18(23)26/h1-2,4,6,9,11,13H,3,5,7-8,10H2,(H,21,22,25). The van der Waals surface area contributed by atoms with Crippen LogP contribution in [0.4, 0.5) is 19.4 Å². The number of fused-ring (bicyclic) bond motifs is 1. The molecular weight excluding hydrogens is 358 g/mol. The Morgan fingerprint density at radius 2 is 2.19 bits per heavy atom. The number of amides is 2. The van der Waals surface area contributed by atoms with Crippen LogP contribution in [-0.4, -0.2) is 45.9 Å². The molecule has 2 amide bonds. The van der Waals surface area contributed by atoms with Gasteiger partial charge in [-0.2, -0.15) is 0 Å². The first-order chi connectivity index (χ1) is 13.0. The molecule has 7 nitrogen and oxygen atoms in total. The monoisotopic (exact) mass is 376 g/mol. The van der Waals surface area contributed by atoms with Crippen LogP contribution in [0.25, 0.3) is 5.69 Å². The minimum atomic E-state index is -0.740. The van der Waals surface area contributed by atoms with Crippen LogP contribution in [0.2, 0.25) is 0 Å². The fraction of sp³-hybridized carbons (Fsp3) is 0.389. The highest BCUT2D eigenvalue weighted by atomic mass is 19.1. The summed E-state index contributed by atoms with van der Waals surface area (Å²) in [5.41, 5.74) is 0.0928. The maximum absolute atomic E-state index is 13.8.